The number of benzene rings is 1. The molecule has 7 nitrogen and oxygen atoms in total. The van der Waals surface area contributed by atoms with Gasteiger partial charge in [0, 0.05) is 46.9 Å². The number of anilines is 1. The Balaban J connectivity index is 1.21. The number of aromatic nitrogens is 2. The SMILES string of the molecule is O=C(O)c1cnc(N2C3CCC2CC(OCc2c(-c4ccccc4OC(F)(F)F)c[nH]c2C2CC2)C3)cc1C(F)(F)F. The van der Waals surface area contributed by atoms with E-state index in [2.05, 4.69) is 14.7 Å². The van der Waals surface area contributed by atoms with E-state index in [-0.39, 0.29) is 42.3 Å². The molecule has 2 atom stereocenters. The Morgan fingerprint density at radius 2 is 1.71 bits per heavy atom. The summed E-state index contributed by atoms with van der Waals surface area (Å²) in [4.78, 5) is 20.5. The van der Waals surface area contributed by atoms with Crippen molar-refractivity contribution in [1.29, 1.82) is 0 Å². The first-order chi connectivity index (χ1) is 19.9. The minimum atomic E-state index is -4.85. The Hall–Kier alpha value is -3.74. The molecule has 1 saturated carbocycles. The van der Waals surface area contributed by atoms with Gasteiger partial charge in [-0.25, -0.2) is 9.78 Å². The van der Waals surface area contributed by atoms with Gasteiger partial charge in [-0.15, -0.1) is 13.2 Å². The molecule has 2 saturated heterocycles. The zero-order valence-electron chi connectivity index (χ0n) is 22.1. The van der Waals surface area contributed by atoms with Gasteiger partial charge in [-0.2, -0.15) is 13.2 Å². The lowest BCUT2D eigenvalue weighted by Crippen LogP contribution is -2.46. The number of aromatic amines is 1. The first-order valence-electron chi connectivity index (χ1n) is 13.6. The summed E-state index contributed by atoms with van der Waals surface area (Å²) in [6, 6.07) is 6.47. The minimum absolute atomic E-state index is 0.0866. The van der Waals surface area contributed by atoms with Crippen molar-refractivity contribution in [3.05, 3.63) is 65.1 Å². The molecule has 1 aliphatic carbocycles. The normalized spacial score (nSPS) is 22.4. The maximum atomic E-state index is 13.6. The second-order valence-corrected chi connectivity index (χ2v) is 11.0. The van der Waals surface area contributed by atoms with Crippen molar-refractivity contribution in [2.75, 3.05) is 4.90 Å². The number of H-pyrrole nitrogens is 1. The summed E-state index contributed by atoms with van der Waals surface area (Å²) in [5.41, 5.74) is 0.427. The molecule has 1 aromatic carbocycles. The van der Waals surface area contributed by atoms with Crippen molar-refractivity contribution in [3.63, 3.8) is 0 Å². The summed E-state index contributed by atoms with van der Waals surface area (Å²) in [7, 11) is 0. The summed E-state index contributed by atoms with van der Waals surface area (Å²) in [6.07, 6.45) is -3.07. The monoisotopic (exact) mass is 595 g/mol. The first-order valence-corrected chi connectivity index (χ1v) is 13.6. The third-order valence-electron chi connectivity index (χ3n) is 8.25. The van der Waals surface area contributed by atoms with E-state index >= 15 is 0 Å². The van der Waals surface area contributed by atoms with E-state index in [0.29, 0.717) is 24.0 Å². The van der Waals surface area contributed by atoms with Gasteiger partial charge in [-0.1, -0.05) is 18.2 Å². The summed E-state index contributed by atoms with van der Waals surface area (Å²) in [5.74, 6) is -1.64. The van der Waals surface area contributed by atoms with Crippen molar-refractivity contribution in [3.8, 4) is 16.9 Å². The number of nitrogens with zero attached hydrogens (tertiary/aromatic N) is 2. The fourth-order valence-corrected chi connectivity index (χ4v) is 6.33. The average Bonchev–Trinajstić information content (AvgIpc) is 3.62. The largest absolute Gasteiger partial charge is 0.573 e. The number of hydrogen-bond acceptors (Lipinski definition) is 5. The van der Waals surface area contributed by atoms with Gasteiger partial charge in [0.1, 0.15) is 11.6 Å². The van der Waals surface area contributed by atoms with Crippen LogP contribution < -0.4 is 9.64 Å². The molecule has 224 valence electrons. The van der Waals surface area contributed by atoms with Crippen molar-refractivity contribution in [2.45, 2.75) is 81.8 Å². The second kappa shape index (κ2) is 10.5. The summed E-state index contributed by atoms with van der Waals surface area (Å²) >= 11 is 0. The van der Waals surface area contributed by atoms with Crippen LogP contribution in [0, 0.1) is 0 Å². The molecule has 2 bridgehead atoms. The highest BCUT2D eigenvalue weighted by Gasteiger charge is 2.44. The Labute approximate surface area is 236 Å². The van der Waals surface area contributed by atoms with Crippen LogP contribution in [0.3, 0.4) is 0 Å². The molecule has 13 heteroatoms. The lowest BCUT2D eigenvalue weighted by molar-refractivity contribution is -0.274. The van der Waals surface area contributed by atoms with Crippen LogP contribution in [-0.4, -0.2) is 45.6 Å². The van der Waals surface area contributed by atoms with Crippen LogP contribution in [0.2, 0.25) is 0 Å². The molecule has 0 spiro atoms. The van der Waals surface area contributed by atoms with E-state index in [9.17, 15) is 36.2 Å². The maximum Gasteiger partial charge on any atom is 0.573 e. The number of hydrogen-bond donors (Lipinski definition) is 2. The molecule has 4 heterocycles. The summed E-state index contributed by atoms with van der Waals surface area (Å²) in [5, 5.41) is 9.20. The minimum Gasteiger partial charge on any atom is -0.478 e. The first kappa shape index (κ1) is 28.4. The quantitative estimate of drug-likeness (QED) is 0.266. The van der Waals surface area contributed by atoms with E-state index in [1.54, 1.807) is 18.3 Å². The standard InChI is InChI=1S/C29H27F6N3O4/c30-28(31,32)23-11-25(36-13-21(23)27(39)40)38-16-7-8-17(38)10-18(9-16)41-14-22-20(12-37-26(22)15-5-6-15)19-3-1-2-4-24(19)42-29(33,34)35/h1-4,11-13,15-18,37H,5-10,14H2,(H,39,40). The van der Waals surface area contributed by atoms with E-state index in [0.717, 1.165) is 49.2 Å². The number of para-hydroxylation sites is 1. The van der Waals surface area contributed by atoms with Gasteiger partial charge in [0.25, 0.3) is 0 Å². The molecule has 3 aliphatic rings. The van der Waals surface area contributed by atoms with Crippen LogP contribution >= 0.6 is 0 Å². The van der Waals surface area contributed by atoms with Gasteiger partial charge in [-0.05, 0) is 56.6 Å². The Morgan fingerprint density at radius 1 is 1.02 bits per heavy atom. The van der Waals surface area contributed by atoms with Crippen LogP contribution in [0.4, 0.5) is 32.2 Å². The molecule has 2 aliphatic heterocycles. The predicted octanol–water partition coefficient (Wildman–Crippen LogP) is 7.29. The van der Waals surface area contributed by atoms with E-state index in [1.807, 2.05) is 4.90 Å². The molecule has 0 radical (unpaired) electrons. The lowest BCUT2D eigenvalue weighted by atomic mass is 9.98. The predicted molar refractivity (Wildman–Crippen MR) is 138 cm³/mol. The highest BCUT2D eigenvalue weighted by Crippen LogP contribution is 2.46. The van der Waals surface area contributed by atoms with Crippen molar-refractivity contribution >= 4 is 11.8 Å². The molecule has 42 heavy (non-hydrogen) atoms. The second-order valence-electron chi connectivity index (χ2n) is 11.0. The third-order valence-corrected chi connectivity index (χ3v) is 8.25. The zero-order valence-corrected chi connectivity index (χ0v) is 22.1. The molecule has 6 rings (SSSR count). The molecular weight excluding hydrogens is 568 g/mol. The average molecular weight is 596 g/mol. The Kier molecular flexibility index (Phi) is 7.11. The van der Waals surface area contributed by atoms with E-state index in [4.69, 9.17) is 4.74 Å². The Morgan fingerprint density at radius 3 is 2.33 bits per heavy atom. The van der Waals surface area contributed by atoms with E-state index < -0.39 is 29.6 Å². The van der Waals surface area contributed by atoms with Gasteiger partial charge in [0.2, 0.25) is 0 Å². The van der Waals surface area contributed by atoms with E-state index in [1.165, 1.54) is 12.1 Å². The molecule has 2 aromatic heterocycles. The molecule has 0 amide bonds. The van der Waals surface area contributed by atoms with Crippen LogP contribution in [0.15, 0.2) is 42.7 Å². The Bertz CT molecular complexity index is 1470. The van der Waals surface area contributed by atoms with Gasteiger partial charge in [-0.3, -0.25) is 0 Å². The highest BCUT2D eigenvalue weighted by molar-refractivity contribution is 5.89. The van der Waals surface area contributed by atoms with Gasteiger partial charge >= 0.3 is 18.5 Å². The number of nitrogens with one attached hydrogen (secondary N) is 1. The topological polar surface area (TPSA) is 87.7 Å². The number of halogens is 6. The zero-order chi connectivity index (χ0) is 29.8. The molecule has 3 fully saturated rings. The number of carboxylic acid groups (broad SMARTS) is 1. The number of aromatic carboxylic acids is 1. The number of ether oxygens (including phenoxy) is 2. The highest BCUT2D eigenvalue weighted by atomic mass is 19.4. The number of pyridine rings is 1. The smallest absolute Gasteiger partial charge is 0.478 e. The van der Waals surface area contributed by atoms with Crippen molar-refractivity contribution < 1.29 is 45.7 Å². The number of alkyl halides is 6. The third kappa shape index (κ3) is 5.66. The molecule has 2 unspecified atom stereocenters. The van der Waals surface area contributed by atoms with Crippen molar-refractivity contribution in [1.82, 2.24) is 9.97 Å². The number of carbonyl (C=O) groups is 1. The van der Waals surface area contributed by atoms with Gasteiger partial charge in [0.05, 0.1) is 23.8 Å². The molecule has 3 aromatic rings. The number of carboxylic acids is 1. The number of rotatable bonds is 8. The molecule has 2 N–H and O–H groups in total. The summed E-state index contributed by atoms with van der Waals surface area (Å²) in [6.45, 7) is 0.152. The fraction of sp³-hybridized carbons (Fsp3) is 0.448. The van der Waals surface area contributed by atoms with Crippen LogP contribution in [0.1, 0.15) is 71.6 Å². The summed E-state index contributed by atoms with van der Waals surface area (Å²) < 4.78 is 90.8. The van der Waals surface area contributed by atoms with Crippen LogP contribution in [-0.2, 0) is 17.5 Å². The van der Waals surface area contributed by atoms with Crippen LogP contribution in [0.5, 0.6) is 5.75 Å². The maximum absolute atomic E-state index is 13.6. The molecular formula is C29H27F6N3O4. The number of fused-ring (bicyclic) bond motifs is 2. The van der Waals surface area contributed by atoms with Crippen molar-refractivity contribution in [2.24, 2.45) is 0 Å². The van der Waals surface area contributed by atoms with Gasteiger partial charge < -0.3 is 24.5 Å². The fourth-order valence-electron chi connectivity index (χ4n) is 6.33. The number of piperidine rings is 1. The van der Waals surface area contributed by atoms with Crippen LogP contribution in [0.25, 0.3) is 11.1 Å². The lowest BCUT2D eigenvalue weighted by Gasteiger charge is -2.40. The van der Waals surface area contributed by atoms with Gasteiger partial charge in [0.15, 0.2) is 0 Å².